The normalized spacial score (nSPS) is 11.3. The van der Waals surface area contributed by atoms with E-state index < -0.39 is 5.97 Å². The fraction of sp³-hybridized carbons (Fsp3) is 0.158. The van der Waals surface area contributed by atoms with Crippen molar-refractivity contribution in [3.05, 3.63) is 59.9 Å². The molecule has 3 rings (SSSR count). The molecule has 1 amide bonds. The number of hydrogen-bond donors (Lipinski definition) is 2. The van der Waals surface area contributed by atoms with Gasteiger partial charge in [-0.25, -0.2) is 14.5 Å². The molecule has 0 aliphatic rings. The molecule has 0 unspecified atom stereocenters. The van der Waals surface area contributed by atoms with Crippen molar-refractivity contribution in [2.75, 3.05) is 5.32 Å². The van der Waals surface area contributed by atoms with Crippen molar-refractivity contribution in [3.63, 3.8) is 0 Å². The van der Waals surface area contributed by atoms with E-state index >= 15 is 0 Å². The fourth-order valence-electron chi connectivity index (χ4n) is 2.49. The summed E-state index contributed by atoms with van der Waals surface area (Å²) in [4.78, 5) is 27.3. The van der Waals surface area contributed by atoms with Gasteiger partial charge in [0.05, 0.1) is 11.8 Å². The van der Waals surface area contributed by atoms with E-state index in [2.05, 4.69) is 15.4 Å². The Kier molecular flexibility index (Phi) is 4.79. The van der Waals surface area contributed by atoms with Crippen LogP contribution in [0.15, 0.2) is 48.8 Å². The van der Waals surface area contributed by atoms with Gasteiger partial charge in [-0.05, 0) is 43.7 Å². The molecular weight excluding hydrogens is 332 g/mol. The number of amides is 1. The molecule has 7 nitrogen and oxygen atoms in total. The number of nitrogens with one attached hydrogen (secondary N) is 1. The predicted octanol–water partition coefficient (Wildman–Crippen LogP) is 3.36. The Morgan fingerprint density at radius 2 is 1.92 bits per heavy atom. The maximum absolute atomic E-state index is 12.4. The number of carboxylic acid groups (broad SMARTS) is 1. The Hall–Kier alpha value is -3.48. The summed E-state index contributed by atoms with van der Waals surface area (Å²) < 4.78 is 1.81. The maximum Gasteiger partial charge on any atom is 0.328 e. The SMILES string of the molecule is CC(C)n1ncc2cc(C(=O)Nc3ccc(/C=C/C(=O)O)cc3)cnc21. The zero-order valence-corrected chi connectivity index (χ0v) is 14.4. The summed E-state index contributed by atoms with van der Waals surface area (Å²) in [5, 5.41) is 16.5. The molecule has 132 valence electrons. The molecule has 0 aliphatic heterocycles. The van der Waals surface area contributed by atoms with Crippen molar-refractivity contribution in [1.82, 2.24) is 14.8 Å². The van der Waals surface area contributed by atoms with Gasteiger partial charge in [0.15, 0.2) is 5.65 Å². The molecule has 26 heavy (non-hydrogen) atoms. The second kappa shape index (κ2) is 7.18. The minimum Gasteiger partial charge on any atom is -0.478 e. The zero-order chi connectivity index (χ0) is 18.7. The molecule has 2 aromatic heterocycles. The number of carbonyl (C=O) groups excluding carboxylic acids is 1. The second-order valence-corrected chi connectivity index (χ2v) is 6.07. The monoisotopic (exact) mass is 350 g/mol. The number of aromatic nitrogens is 3. The molecule has 0 atom stereocenters. The highest BCUT2D eigenvalue weighted by Crippen LogP contribution is 2.18. The van der Waals surface area contributed by atoms with Crippen molar-refractivity contribution < 1.29 is 14.7 Å². The largest absolute Gasteiger partial charge is 0.478 e. The minimum absolute atomic E-state index is 0.188. The summed E-state index contributed by atoms with van der Waals surface area (Å²) in [5.41, 5.74) is 2.52. The Bertz CT molecular complexity index is 988. The van der Waals surface area contributed by atoms with Gasteiger partial charge < -0.3 is 10.4 Å². The van der Waals surface area contributed by atoms with Crippen molar-refractivity contribution in [1.29, 1.82) is 0 Å². The standard InChI is InChI=1S/C19H18N4O3/c1-12(2)23-18-14(11-21-23)9-15(10-20-18)19(26)22-16-6-3-13(4-7-16)5-8-17(24)25/h3-12H,1-2H3,(H,22,26)(H,24,25)/b8-5+. The van der Waals surface area contributed by atoms with E-state index in [9.17, 15) is 9.59 Å². The number of aliphatic carboxylic acids is 1. The molecule has 0 saturated carbocycles. The highest BCUT2D eigenvalue weighted by molar-refractivity contribution is 6.05. The maximum atomic E-state index is 12.4. The van der Waals surface area contributed by atoms with Crippen LogP contribution in [0.4, 0.5) is 5.69 Å². The molecule has 0 saturated heterocycles. The quantitative estimate of drug-likeness (QED) is 0.688. The molecular formula is C19H18N4O3. The van der Waals surface area contributed by atoms with Crippen molar-refractivity contribution in [2.45, 2.75) is 19.9 Å². The van der Waals surface area contributed by atoms with Crippen molar-refractivity contribution in [3.8, 4) is 0 Å². The summed E-state index contributed by atoms with van der Waals surface area (Å²) in [6.45, 7) is 4.04. The molecule has 0 aliphatic carbocycles. The van der Waals surface area contributed by atoms with Crippen LogP contribution in [-0.4, -0.2) is 31.7 Å². The number of pyridine rings is 1. The van der Waals surface area contributed by atoms with Crippen LogP contribution in [0.5, 0.6) is 0 Å². The number of fused-ring (bicyclic) bond motifs is 1. The second-order valence-electron chi connectivity index (χ2n) is 6.07. The molecule has 3 aromatic rings. The summed E-state index contributed by atoms with van der Waals surface area (Å²) in [5.74, 6) is -1.28. The van der Waals surface area contributed by atoms with Crippen LogP contribution < -0.4 is 5.32 Å². The molecule has 2 N–H and O–H groups in total. The Morgan fingerprint density at radius 1 is 1.19 bits per heavy atom. The molecule has 0 fully saturated rings. The van der Waals surface area contributed by atoms with Crippen LogP contribution in [0.25, 0.3) is 17.1 Å². The van der Waals surface area contributed by atoms with Gasteiger partial charge in [0.2, 0.25) is 0 Å². The van der Waals surface area contributed by atoms with Gasteiger partial charge in [-0.15, -0.1) is 0 Å². The van der Waals surface area contributed by atoms with Gasteiger partial charge in [-0.2, -0.15) is 5.10 Å². The van der Waals surface area contributed by atoms with Gasteiger partial charge in [-0.3, -0.25) is 4.79 Å². The van der Waals surface area contributed by atoms with E-state index in [0.717, 1.165) is 22.7 Å². The molecule has 2 heterocycles. The Balaban J connectivity index is 1.75. The summed E-state index contributed by atoms with van der Waals surface area (Å²) in [6, 6.07) is 8.82. The van der Waals surface area contributed by atoms with E-state index in [4.69, 9.17) is 5.11 Å². The highest BCUT2D eigenvalue weighted by Gasteiger charge is 2.12. The Morgan fingerprint density at radius 3 is 2.58 bits per heavy atom. The smallest absolute Gasteiger partial charge is 0.328 e. The number of benzene rings is 1. The summed E-state index contributed by atoms with van der Waals surface area (Å²) in [7, 11) is 0. The topological polar surface area (TPSA) is 97.1 Å². The number of nitrogens with zero attached hydrogens (tertiary/aromatic N) is 3. The summed E-state index contributed by atoms with van der Waals surface area (Å²) in [6.07, 6.45) is 5.77. The number of rotatable bonds is 5. The van der Waals surface area contributed by atoms with Crippen LogP contribution in [-0.2, 0) is 4.79 Å². The first-order chi connectivity index (χ1) is 12.4. The summed E-state index contributed by atoms with van der Waals surface area (Å²) >= 11 is 0. The van der Waals surface area contributed by atoms with Crippen LogP contribution in [0, 0.1) is 0 Å². The third-order valence-electron chi connectivity index (χ3n) is 3.77. The zero-order valence-electron chi connectivity index (χ0n) is 14.4. The number of anilines is 1. The highest BCUT2D eigenvalue weighted by atomic mass is 16.4. The van der Waals surface area contributed by atoms with Crippen molar-refractivity contribution >= 4 is 34.7 Å². The average Bonchev–Trinajstić information content (AvgIpc) is 3.04. The lowest BCUT2D eigenvalue weighted by atomic mass is 10.2. The van der Waals surface area contributed by atoms with E-state index in [1.54, 1.807) is 41.2 Å². The van der Waals surface area contributed by atoms with Gasteiger partial charge in [0.25, 0.3) is 5.91 Å². The van der Waals surface area contributed by atoms with Gasteiger partial charge in [-0.1, -0.05) is 12.1 Å². The van der Waals surface area contributed by atoms with Crippen LogP contribution in [0.2, 0.25) is 0 Å². The van der Waals surface area contributed by atoms with Gasteiger partial charge in [0, 0.05) is 29.4 Å². The average molecular weight is 350 g/mol. The third kappa shape index (κ3) is 3.77. The first-order valence-corrected chi connectivity index (χ1v) is 8.10. The number of hydrogen-bond acceptors (Lipinski definition) is 4. The number of carboxylic acids is 1. The fourth-order valence-corrected chi connectivity index (χ4v) is 2.49. The first-order valence-electron chi connectivity index (χ1n) is 8.10. The molecule has 0 radical (unpaired) electrons. The Labute approximate surface area is 150 Å². The minimum atomic E-state index is -1.01. The van der Waals surface area contributed by atoms with Crippen LogP contribution >= 0.6 is 0 Å². The molecule has 7 heteroatoms. The molecule has 0 spiro atoms. The van der Waals surface area contributed by atoms with Crippen molar-refractivity contribution in [2.24, 2.45) is 0 Å². The predicted molar refractivity (Wildman–Crippen MR) is 99.0 cm³/mol. The molecule has 0 bridgehead atoms. The lowest BCUT2D eigenvalue weighted by molar-refractivity contribution is -0.131. The lowest BCUT2D eigenvalue weighted by Gasteiger charge is -2.07. The lowest BCUT2D eigenvalue weighted by Crippen LogP contribution is -2.12. The van der Waals surface area contributed by atoms with E-state index in [1.165, 1.54) is 12.3 Å². The first kappa shape index (κ1) is 17.3. The number of carbonyl (C=O) groups is 2. The van der Waals surface area contributed by atoms with Crippen LogP contribution in [0.1, 0.15) is 35.8 Å². The van der Waals surface area contributed by atoms with E-state index in [1.807, 2.05) is 13.8 Å². The van der Waals surface area contributed by atoms with Gasteiger partial charge >= 0.3 is 5.97 Å². The molecule has 1 aromatic carbocycles. The van der Waals surface area contributed by atoms with Crippen LogP contribution in [0.3, 0.4) is 0 Å². The third-order valence-corrected chi connectivity index (χ3v) is 3.77. The van der Waals surface area contributed by atoms with Gasteiger partial charge in [0.1, 0.15) is 0 Å². The van der Waals surface area contributed by atoms with E-state index in [0.29, 0.717) is 11.3 Å². The van der Waals surface area contributed by atoms with E-state index in [-0.39, 0.29) is 11.9 Å².